The molecule has 0 spiro atoms. The van der Waals surface area contributed by atoms with Crippen LogP contribution in [-0.4, -0.2) is 12.1 Å². The van der Waals surface area contributed by atoms with E-state index in [-0.39, 0.29) is 0 Å². The van der Waals surface area contributed by atoms with Gasteiger partial charge in [-0.1, -0.05) is 6.07 Å². The molecule has 0 radical (unpaired) electrons. The van der Waals surface area contributed by atoms with E-state index < -0.39 is 7.05 Å². The monoisotopic (exact) mass is 127 g/mol. The number of hydrogen-bond acceptors (Lipinski definition) is 3. The lowest BCUT2D eigenvalue weighted by Crippen LogP contribution is -2.38. The van der Waals surface area contributed by atoms with Crippen molar-refractivity contribution < 1.29 is 5.02 Å². The second kappa shape index (κ2) is 2.30. The van der Waals surface area contributed by atoms with E-state index in [0.29, 0.717) is 0 Å². The topological polar surface area (TPSA) is 46.2 Å². The van der Waals surface area contributed by atoms with Gasteiger partial charge in [-0.2, -0.15) is 11.3 Å². The quantitative estimate of drug-likeness (QED) is 0.494. The van der Waals surface area contributed by atoms with Crippen LogP contribution in [0.25, 0.3) is 0 Å². The largest absolute Gasteiger partial charge is 0.434 e. The van der Waals surface area contributed by atoms with Crippen LogP contribution in [0.2, 0.25) is 0 Å². The Bertz CT molecular complexity index is 151. The smallest absolute Gasteiger partial charge is 0.411 e. The zero-order valence-electron chi connectivity index (χ0n) is 4.24. The van der Waals surface area contributed by atoms with Crippen LogP contribution >= 0.6 is 11.3 Å². The van der Waals surface area contributed by atoms with Gasteiger partial charge in [0.25, 0.3) is 0 Å². The molecule has 8 heavy (non-hydrogen) atoms. The average Bonchev–Trinajstić information content (AvgIpc) is 2.12. The highest BCUT2D eigenvalue weighted by atomic mass is 32.1. The van der Waals surface area contributed by atoms with Crippen LogP contribution in [0.15, 0.2) is 16.8 Å². The molecule has 0 aliphatic heterocycles. The molecule has 1 aromatic rings. The van der Waals surface area contributed by atoms with Crippen molar-refractivity contribution in [2.45, 2.75) is 0 Å². The fourth-order valence-corrected chi connectivity index (χ4v) is 1.13. The molecule has 1 heterocycles. The fourth-order valence-electron chi connectivity index (χ4n) is 0.443. The normalized spacial score (nSPS) is 9.25. The lowest BCUT2D eigenvalue weighted by molar-refractivity contribution is 0.588. The van der Waals surface area contributed by atoms with Crippen molar-refractivity contribution in [2.24, 2.45) is 5.64 Å². The van der Waals surface area contributed by atoms with Crippen molar-refractivity contribution in [3.05, 3.63) is 16.8 Å². The Morgan fingerprint density at radius 3 is 2.75 bits per heavy atom. The molecule has 0 unspecified atom stereocenters. The Hall–Kier alpha value is -0.315. The Morgan fingerprint density at radius 2 is 2.50 bits per heavy atom. The lowest BCUT2D eigenvalue weighted by atomic mass is 9.78. The summed E-state index contributed by atoms with van der Waals surface area (Å²) >= 11 is 1.53. The summed E-state index contributed by atoms with van der Waals surface area (Å²) in [4.78, 5) is 0. The van der Waals surface area contributed by atoms with Crippen molar-refractivity contribution in [2.75, 3.05) is 0 Å². The molecule has 0 saturated carbocycles. The molecule has 2 nitrogen and oxygen atoms in total. The van der Waals surface area contributed by atoms with Gasteiger partial charge in [0.2, 0.25) is 0 Å². The van der Waals surface area contributed by atoms with E-state index in [1.165, 1.54) is 11.3 Å². The molecule has 0 aliphatic carbocycles. The average molecular weight is 127 g/mol. The van der Waals surface area contributed by atoms with Crippen LogP contribution in [0.5, 0.6) is 0 Å². The molecule has 0 fully saturated rings. The van der Waals surface area contributed by atoms with Crippen molar-refractivity contribution in [3.63, 3.8) is 0 Å². The van der Waals surface area contributed by atoms with Gasteiger partial charge in [0.1, 0.15) is 0 Å². The third kappa shape index (κ3) is 1.09. The van der Waals surface area contributed by atoms with Gasteiger partial charge in [-0.3, -0.25) is 0 Å². The van der Waals surface area contributed by atoms with Crippen molar-refractivity contribution in [3.8, 4) is 0 Å². The summed E-state index contributed by atoms with van der Waals surface area (Å²) in [6.45, 7) is 0. The first-order valence-electron chi connectivity index (χ1n) is 2.26. The molecule has 0 atom stereocenters. The first kappa shape index (κ1) is 5.82. The van der Waals surface area contributed by atoms with Crippen LogP contribution < -0.4 is 11.1 Å². The predicted molar refractivity (Wildman–Crippen MR) is 36.1 cm³/mol. The van der Waals surface area contributed by atoms with Crippen molar-refractivity contribution in [1.82, 2.24) is 0 Å². The van der Waals surface area contributed by atoms with E-state index in [1.54, 1.807) is 6.07 Å². The zero-order chi connectivity index (χ0) is 5.98. The van der Waals surface area contributed by atoms with Crippen LogP contribution in [0.3, 0.4) is 0 Å². The van der Waals surface area contributed by atoms with Gasteiger partial charge in [-0.25, -0.2) is 0 Å². The molecule has 0 saturated heterocycles. The summed E-state index contributed by atoms with van der Waals surface area (Å²) in [5, 5.41) is 12.4. The van der Waals surface area contributed by atoms with Crippen molar-refractivity contribution >= 4 is 23.9 Å². The maximum Gasteiger partial charge on any atom is 0.411 e. The Morgan fingerprint density at radius 1 is 1.75 bits per heavy atom. The molecule has 3 N–H and O–H groups in total. The van der Waals surface area contributed by atoms with E-state index in [0.717, 1.165) is 5.46 Å². The number of rotatable bonds is 1. The summed E-state index contributed by atoms with van der Waals surface area (Å²) in [6, 6.07) is 1.80. The molecule has 1 aromatic heterocycles. The second-order valence-corrected chi connectivity index (χ2v) is 2.28. The highest BCUT2D eigenvalue weighted by Crippen LogP contribution is 1.91. The fraction of sp³-hybridized carbons (Fsp3) is 0. The zero-order valence-corrected chi connectivity index (χ0v) is 5.06. The SMILES string of the molecule is NB(O)c1ccsc1. The van der Waals surface area contributed by atoms with Gasteiger partial charge in [-0.05, 0) is 16.2 Å². The minimum absolute atomic E-state index is 0.787. The summed E-state index contributed by atoms with van der Waals surface area (Å²) in [7, 11) is -0.804. The van der Waals surface area contributed by atoms with Gasteiger partial charge in [0, 0.05) is 0 Å². The van der Waals surface area contributed by atoms with Crippen LogP contribution in [-0.2, 0) is 0 Å². The molecule has 42 valence electrons. The summed E-state index contributed by atoms with van der Waals surface area (Å²) in [6.07, 6.45) is 0. The van der Waals surface area contributed by atoms with Gasteiger partial charge < -0.3 is 10.7 Å². The Balaban J connectivity index is 2.77. The first-order valence-corrected chi connectivity index (χ1v) is 3.21. The Kier molecular flexibility index (Phi) is 1.67. The van der Waals surface area contributed by atoms with E-state index in [1.807, 2.05) is 10.8 Å². The standard InChI is InChI=1S/C4H6BNOS/c6-5(7)4-1-2-8-3-4/h1-3,7H,6H2. The maximum absolute atomic E-state index is 8.70. The Labute approximate surface area is 52.1 Å². The molecule has 1 rings (SSSR count). The molecule has 0 aromatic carbocycles. The first-order chi connectivity index (χ1) is 3.80. The maximum atomic E-state index is 8.70. The van der Waals surface area contributed by atoms with Crippen LogP contribution in [0, 0.1) is 0 Å². The van der Waals surface area contributed by atoms with Crippen LogP contribution in [0.1, 0.15) is 0 Å². The third-order valence-corrected chi connectivity index (χ3v) is 1.59. The number of thiophene rings is 1. The van der Waals surface area contributed by atoms with Gasteiger partial charge in [0.05, 0.1) is 0 Å². The summed E-state index contributed by atoms with van der Waals surface area (Å²) in [5.41, 5.74) is 5.91. The van der Waals surface area contributed by atoms with Gasteiger partial charge >= 0.3 is 7.05 Å². The minimum atomic E-state index is -0.804. The highest BCUT2D eigenvalue weighted by Gasteiger charge is 2.05. The third-order valence-electron chi connectivity index (χ3n) is 0.885. The van der Waals surface area contributed by atoms with E-state index in [2.05, 4.69) is 0 Å². The van der Waals surface area contributed by atoms with E-state index in [4.69, 9.17) is 10.7 Å². The molecule has 0 amide bonds. The lowest BCUT2D eigenvalue weighted by Gasteiger charge is -1.89. The van der Waals surface area contributed by atoms with Crippen LogP contribution in [0.4, 0.5) is 0 Å². The summed E-state index contributed by atoms with van der Waals surface area (Å²) < 4.78 is 0. The van der Waals surface area contributed by atoms with Gasteiger partial charge in [0.15, 0.2) is 0 Å². The molecule has 4 heteroatoms. The van der Waals surface area contributed by atoms with E-state index >= 15 is 0 Å². The molecule has 0 aliphatic rings. The molecule has 0 bridgehead atoms. The molecular formula is C4H6BNOS. The predicted octanol–water partition coefficient (Wildman–Crippen LogP) is -0.606. The number of hydrogen-bond donors (Lipinski definition) is 2. The molecular weight excluding hydrogens is 121 g/mol. The summed E-state index contributed by atoms with van der Waals surface area (Å²) in [5.74, 6) is 0. The number of nitrogens with two attached hydrogens (primary N) is 1. The minimum Gasteiger partial charge on any atom is -0.434 e. The second-order valence-electron chi connectivity index (χ2n) is 1.50. The van der Waals surface area contributed by atoms with Gasteiger partial charge in [-0.15, -0.1) is 0 Å². The van der Waals surface area contributed by atoms with E-state index in [9.17, 15) is 0 Å². The van der Waals surface area contributed by atoms with Crippen molar-refractivity contribution in [1.29, 1.82) is 0 Å². The highest BCUT2D eigenvalue weighted by molar-refractivity contribution is 7.09.